The molecule has 1 unspecified atom stereocenters. The number of aryl methyl sites for hydroxylation is 1. The number of ether oxygens (including phenoxy) is 1. The van der Waals surface area contributed by atoms with Crippen LogP contribution in [0.5, 0.6) is 0 Å². The van der Waals surface area contributed by atoms with Crippen molar-refractivity contribution in [1.29, 1.82) is 0 Å². The maximum absolute atomic E-state index is 12.8. The number of hydrogen-bond donors (Lipinski definition) is 2. The average Bonchev–Trinajstić information content (AvgIpc) is 3.31. The summed E-state index contributed by atoms with van der Waals surface area (Å²) in [4.78, 5) is 22.5. The number of benzene rings is 1. The maximum Gasteiger partial charge on any atom is 0.271 e. The zero-order chi connectivity index (χ0) is 22.7. The Labute approximate surface area is 194 Å². The molecule has 1 fully saturated rings. The van der Waals surface area contributed by atoms with Gasteiger partial charge in [0.05, 0.1) is 11.5 Å². The number of rotatable bonds is 8. The van der Waals surface area contributed by atoms with E-state index in [1.165, 1.54) is 0 Å². The third kappa shape index (κ3) is 4.85. The van der Waals surface area contributed by atoms with Gasteiger partial charge in [0, 0.05) is 37.0 Å². The average molecular weight is 476 g/mol. The molecular weight excluding hydrogens is 450 g/mol. The topological polar surface area (TPSA) is 98.1 Å². The molecule has 1 aliphatic carbocycles. The van der Waals surface area contributed by atoms with Gasteiger partial charge in [-0.3, -0.25) is 9.36 Å². The van der Waals surface area contributed by atoms with Crippen LogP contribution in [0.1, 0.15) is 37.3 Å². The number of nitrogens with zero attached hydrogens (tertiary/aromatic N) is 3. The van der Waals surface area contributed by atoms with Crippen LogP contribution in [0.15, 0.2) is 40.2 Å². The van der Waals surface area contributed by atoms with Crippen LogP contribution in [0, 0.1) is 6.92 Å². The molecule has 2 heterocycles. The molecule has 8 nitrogen and oxygen atoms in total. The molecule has 3 aromatic rings. The lowest BCUT2D eigenvalue weighted by atomic mass is 10.2. The highest BCUT2D eigenvalue weighted by molar-refractivity contribution is 7.83. The highest BCUT2D eigenvalue weighted by Crippen LogP contribution is 2.31. The summed E-state index contributed by atoms with van der Waals surface area (Å²) < 4.78 is 22.0. The standard InChI is InChI=1S/C22H26ClN5O3S/c1-14-11-17(32(30)25-9-10-31-2)7-8-19(14)26-22-24-13-15-12-18(23)21(29)28(20(15)27-22)16-5-3-4-6-16/h7-8,11-13,16,25H,3-6,9-10H2,1-2H3,(H,24,26,27). The SMILES string of the molecule is COCCNS(=O)c1ccc(Nc2ncc3cc(Cl)c(=O)n(C4CCCC4)c3n2)c(C)c1. The number of aromatic nitrogens is 3. The molecule has 0 amide bonds. The van der Waals surface area contributed by atoms with E-state index in [1.807, 2.05) is 19.1 Å². The van der Waals surface area contributed by atoms with Gasteiger partial charge in [0.1, 0.15) is 21.7 Å². The van der Waals surface area contributed by atoms with E-state index >= 15 is 0 Å². The number of pyridine rings is 1. The first-order valence-electron chi connectivity index (χ1n) is 10.6. The summed E-state index contributed by atoms with van der Waals surface area (Å²) in [6, 6.07) is 7.22. The van der Waals surface area contributed by atoms with E-state index in [2.05, 4.69) is 20.0 Å². The monoisotopic (exact) mass is 475 g/mol. The molecular formula is C22H26ClN5O3S. The van der Waals surface area contributed by atoms with Gasteiger partial charge in [-0.1, -0.05) is 24.4 Å². The lowest BCUT2D eigenvalue weighted by Crippen LogP contribution is -2.25. The summed E-state index contributed by atoms with van der Waals surface area (Å²) in [6.45, 7) is 2.91. The molecule has 2 N–H and O–H groups in total. The molecule has 10 heteroatoms. The number of hydrogen-bond acceptors (Lipinski definition) is 6. The van der Waals surface area contributed by atoms with E-state index in [4.69, 9.17) is 16.3 Å². The molecule has 1 atom stereocenters. The minimum Gasteiger partial charge on any atom is -0.383 e. The lowest BCUT2D eigenvalue weighted by Gasteiger charge is -2.17. The van der Waals surface area contributed by atoms with Gasteiger partial charge < -0.3 is 10.1 Å². The minimum absolute atomic E-state index is 0.105. The van der Waals surface area contributed by atoms with Crippen molar-refractivity contribution in [3.05, 3.63) is 51.4 Å². The van der Waals surface area contributed by atoms with Gasteiger partial charge in [0.2, 0.25) is 5.95 Å². The van der Waals surface area contributed by atoms with Crippen LogP contribution in [0.3, 0.4) is 0 Å². The fraction of sp³-hybridized carbons (Fsp3) is 0.409. The summed E-state index contributed by atoms with van der Waals surface area (Å²) in [7, 11) is 0.285. The predicted molar refractivity (Wildman–Crippen MR) is 127 cm³/mol. The summed E-state index contributed by atoms with van der Waals surface area (Å²) >= 11 is 6.20. The number of fused-ring (bicyclic) bond motifs is 1. The van der Waals surface area contributed by atoms with Gasteiger partial charge in [0.25, 0.3) is 5.56 Å². The Morgan fingerprint density at radius 1 is 1.28 bits per heavy atom. The van der Waals surface area contributed by atoms with Crippen molar-refractivity contribution in [1.82, 2.24) is 19.3 Å². The van der Waals surface area contributed by atoms with Gasteiger partial charge in [-0.05, 0) is 49.6 Å². The molecule has 0 aliphatic heterocycles. The Balaban J connectivity index is 1.62. The quantitative estimate of drug-likeness (QED) is 0.480. The molecule has 0 radical (unpaired) electrons. The molecule has 1 saturated carbocycles. The number of halogens is 1. The zero-order valence-electron chi connectivity index (χ0n) is 18.1. The van der Waals surface area contributed by atoms with Crippen molar-refractivity contribution in [2.24, 2.45) is 0 Å². The van der Waals surface area contributed by atoms with Crippen LogP contribution in [0.4, 0.5) is 11.6 Å². The maximum atomic E-state index is 12.8. The molecule has 4 rings (SSSR count). The number of methoxy groups -OCH3 is 1. The highest BCUT2D eigenvalue weighted by Gasteiger charge is 2.22. The molecule has 2 aromatic heterocycles. The number of anilines is 2. The Morgan fingerprint density at radius 2 is 2.06 bits per heavy atom. The van der Waals surface area contributed by atoms with Crippen LogP contribution in [-0.4, -0.2) is 39.0 Å². The Hall–Kier alpha value is -2.33. The highest BCUT2D eigenvalue weighted by atomic mass is 35.5. The summed E-state index contributed by atoms with van der Waals surface area (Å²) in [5.41, 5.74) is 2.07. The first-order chi connectivity index (χ1) is 15.5. The summed E-state index contributed by atoms with van der Waals surface area (Å²) in [6.07, 6.45) is 5.75. The molecule has 0 saturated heterocycles. The first kappa shape index (κ1) is 22.8. The van der Waals surface area contributed by atoms with Crippen LogP contribution in [-0.2, 0) is 15.7 Å². The molecule has 32 heavy (non-hydrogen) atoms. The first-order valence-corrected chi connectivity index (χ1v) is 12.1. The third-order valence-corrected chi connectivity index (χ3v) is 7.04. The molecule has 1 aromatic carbocycles. The lowest BCUT2D eigenvalue weighted by molar-refractivity contribution is 0.205. The number of nitrogens with one attached hydrogen (secondary N) is 2. The Kier molecular flexibility index (Phi) is 7.20. The summed E-state index contributed by atoms with van der Waals surface area (Å²) in [5, 5.41) is 4.14. The van der Waals surface area contributed by atoms with Crippen molar-refractivity contribution in [3.8, 4) is 0 Å². The van der Waals surface area contributed by atoms with Crippen molar-refractivity contribution in [3.63, 3.8) is 0 Å². The van der Waals surface area contributed by atoms with Gasteiger partial charge in [-0.25, -0.2) is 13.9 Å². The van der Waals surface area contributed by atoms with Gasteiger partial charge in [0.15, 0.2) is 0 Å². The van der Waals surface area contributed by atoms with E-state index < -0.39 is 11.0 Å². The fourth-order valence-corrected chi connectivity index (χ4v) is 5.10. The van der Waals surface area contributed by atoms with Crippen molar-refractivity contribution < 1.29 is 8.95 Å². The Bertz CT molecular complexity index is 1210. The van der Waals surface area contributed by atoms with E-state index in [0.29, 0.717) is 29.6 Å². The van der Waals surface area contributed by atoms with E-state index in [9.17, 15) is 9.00 Å². The van der Waals surface area contributed by atoms with E-state index in [0.717, 1.165) is 42.3 Å². The van der Waals surface area contributed by atoms with Crippen molar-refractivity contribution in [2.45, 2.75) is 43.5 Å². The predicted octanol–water partition coefficient (Wildman–Crippen LogP) is 3.87. The molecule has 0 spiro atoms. The summed E-state index contributed by atoms with van der Waals surface area (Å²) in [5.74, 6) is 0.390. The van der Waals surface area contributed by atoms with Crippen molar-refractivity contribution in [2.75, 3.05) is 25.6 Å². The minimum atomic E-state index is -1.32. The third-order valence-electron chi connectivity index (χ3n) is 5.62. The smallest absolute Gasteiger partial charge is 0.271 e. The second kappa shape index (κ2) is 10.1. The van der Waals surface area contributed by atoms with E-state index in [-0.39, 0.29) is 16.6 Å². The van der Waals surface area contributed by atoms with Gasteiger partial charge >= 0.3 is 0 Å². The van der Waals surface area contributed by atoms with Crippen molar-refractivity contribution >= 4 is 45.3 Å². The van der Waals surface area contributed by atoms with Gasteiger partial charge in [-0.15, -0.1) is 0 Å². The van der Waals surface area contributed by atoms with Crippen LogP contribution < -0.4 is 15.6 Å². The van der Waals surface area contributed by atoms with Gasteiger partial charge in [-0.2, -0.15) is 4.98 Å². The van der Waals surface area contributed by atoms with E-state index in [1.54, 1.807) is 30.0 Å². The Morgan fingerprint density at radius 3 is 2.78 bits per heavy atom. The second-order valence-corrected chi connectivity index (χ2v) is 9.54. The largest absolute Gasteiger partial charge is 0.383 e. The zero-order valence-corrected chi connectivity index (χ0v) is 19.6. The molecule has 170 valence electrons. The molecule has 1 aliphatic rings. The second-order valence-electron chi connectivity index (χ2n) is 7.84. The fourth-order valence-electron chi connectivity index (χ4n) is 3.98. The van der Waals surface area contributed by atoms with Crippen LogP contribution in [0.25, 0.3) is 11.0 Å². The van der Waals surface area contributed by atoms with Crippen LogP contribution >= 0.6 is 11.6 Å². The normalized spacial score (nSPS) is 15.3. The molecule has 0 bridgehead atoms. The van der Waals surface area contributed by atoms with Crippen LogP contribution in [0.2, 0.25) is 5.02 Å².